The van der Waals surface area contributed by atoms with E-state index in [-0.39, 0.29) is 12.4 Å². The molecule has 0 aromatic heterocycles. The average molecular weight is 308 g/mol. The van der Waals surface area contributed by atoms with E-state index in [4.69, 9.17) is 10.00 Å². The molecule has 4 nitrogen and oxygen atoms in total. The number of benzene rings is 2. The molecule has 4 heteroatoms. The second-order valence-electron chi connectivity index (χ2n) is 5.27. The van der Waals surface area contributed by atoms with Crippen LogP contribution >= 0.6 is 0 Å². The molecule has 0 aliphatic rings. The quantitative estimate of drug-likeness (QED) is 0.768. The fraction of sp³-hybridized carbons (Fsp3) is 0.263. The Bertz CT molecular complexity index is 702. The molecule has 118 valence electrons. The molecule has 0 bridgehead atoms. The van der Waals surface area contributed by atoms with Crippen molar-refractivity contribution in [2.75, 3.05) is 18.6 Å². The molecule has 0 spiro atoms. The molecule has 0 radical (unpaired) electrons. The molecule has 0 amide bonds. The van der Waals surface area contributed by atoms with Gasteiger partial charge in [0.2, 0.25) is 0 Å². The summed E-state index contributed by atoms with van der Waals surface area (Å²) in [4.78, 5) is 13.6. The Kier molecular flexibility index (Phi) is 5.76. The van der Waals surface area contributed by atoms with Crippen LogP contribution in [0.1, 0.15) is 23.6 Å². The van der Waals surface area contributed by atoms with Crippen LogP contribution in [-0.2, 0) is 22.5 Å². The van der Waals surface area contributed by atoms with Crippen LogP contribution in [0.3, 0.4) is 0 Å². The van der Waals surface area contributed by atoms with E-state index < -0.39 is 0 Å². The van der Waals surface area contributed by atoms with Crippen LogP contribution in [0, 0.1) is 11.3 Å². The van der Waals surface area contributed by atoms with Crippen LogP contribution in [0.25, 0.3) is 0 Å². The number of anilines is 1. The Morgan fingerprint density at radius 2 is 1.87 bits per heavy atom. The number of hydrogen-bond donors (Lipinski definition) is 0. The summed E-state index contributed by atoms with van der Waals surface area (Å²) in [5.41, 5.74) is 3.65. The number of hydrogen-bond acceptors (Lipinski definition) is 4. The van der Waals surface area contributed by atoms with Gasteiger partial charge < -0.3 is 9.64 Å². The zero-order valence-electron chi connectivity index (χ0n) is 13.5. The Labute approximate surface area is 136 Å². The van der Waals surface area contributed by atoms with Gasteiger partial charge in [0.1, 0.15) is 0 Å². The molecule has 2 aromatic carbocycles. The highest BCUT2D eigenvalue weighted by Crippen LogP contribution is 2.18. The molecule has 0 N–H and O–H groups in total. The van der Waals surface area contributed by atoms with Crippen LogP contribution < -0.4 is 4.90 Å². The van der Waals surface area contributed by atoms with Crippen molar-refractivity contribution < 1.29 is 9.53 Å². The van der Waals surface area contributed by atoms with Crippen molar-refractivity contribution in [2.45, 2.75) is 19.9 Å². The van der Waals surface area contributed by atoms with Gasteiger partial charge in [0.25, 0.3) is 0 Å². The molecule has 2 rings (SSSR count). The number of ether oxygens (including phenoxy) is 1. The molecule has 0 aliphatic heterocycles. The number of rotatable bonds is 6. The molecule has 0 heterocycles. The lowest BCUT2D eigenvalue weighted by Crippen LogP contribution is -2.17. The number of esters is 1. The summed E-state index contributed by atoms with van der Waals surface area (Å²) in [6, 6.07) is 17.6. The summed E-state index contributed by atoms with van der Waals surface area (Å²) < 4.78 is 4.95. The molecule has 0 unspecified atom stereocenters. The van der Waals surface area contributed by atoms with Gasteiger partial charge in [-0.05, 0) is 36.2 Å². The van der Waals surface area contributed by atoms with E-state index in [0.717, 1.165) is 16.8 Å². The van der Waals surface area contributed by atoms with E-state index in [1.807, 2.05) is 55.6 Å². The lowest BCUT2D eigenvalue weighted by atomic mass is 10.1. The van der Waals surface area contributed by atoms with Crippen LogP contribution in [0.5, 0.6) is 0 Å². The van der Waals surface area contributed by atoms with E-state index in [9.17, 15) is 4.79 Å². The predicted molar refractivity (Wildman–Crippen MR) is 90.0 cm³/mol. The van der Waals surface area contributed by atoms with Crippen molar-refractivity contribution in [3.8, 4) is 6.07 Å². The van der Waals surface area contributed by atoms with E-state index >= 15 is 0 Å². The standard InChI is InChI=1S/C19H20N2O2/c1-3-23-19(22)12-15-8-10-18(11-9-15)21(2)14-17-7-5-4-6-16(17)13-20/h4-11H,3,12,14H2,1-2H3. The van der Waals surface area contributed by atoms with Gasteiger partial charge in [-0.1, -0.05) is 30.3 Å². The van der Waals surface area contributed by atoms with Gasteiger partial charge in [-0.3, -0.25) is 4.79 Å². The molecule has 0 fully saturated rings. The summed E-state index contributed by atoms with van der Waals surface area (Å²) >= 11 is 0. The van der Waals surface area contributed by atoms with Gasteiger partial charge in [0, 0.05) is 19.3 Å². The number of nitriles is 1. The third-order valence-electron chi connectivity index (χ3n) is 3.58. The van der Waals surface area contributed by atoms with Crippen molar-refractivity contribution in [3.05, 3.63) is 65.2 Å². The Hall–Kier alpha value is -2.80. The number of nitrogens with zero attached hydrogens (tertiary/aromatic N) is 2. The van der Waals surface area contributed by atoms with Gasteiger partial charge in [-0.25, -0.2) is 0 Å². The van der Waals surface area contributed by atoms with Crippen molar-refractivity contribution in [3.63, 3.8) is 0 Å². The Morgan fingerprint density at radius 1 is 1.17 bits per heavy atom. The van der Waals surface area contributed by atoms with E-state index in [0.29, 0.717) is 18.7 Å². The smallest absolute Gasteiger partial charge is 0.310 e. The molecule has 23 heavy (non-hydrogen) atoms. The fourth-order valence-corrected chi connectivity index (χ4v) is 2.36. The first-order valence-corrected chi connectivity index (χ1v) is 7.57. The number of carbonyl (C=O) groups excluding carboxylic acids is 1. The summed E-state index contributed by atoms with van der Waals surface area (Å²) in [6.45, 7) is 2.86. The summed E-state index contributed by atoms with van der Waals surface area (Å²) in [5.74, 6) is -0.212. The van der Waals surface area contributed by atoms with Crippen LogP contribution in [0.4, 0.5) is 5.69 Å². The SMILES string of the molecule is CCOC(=O)Cc1ccc(N(C)Cc2ccccc2C#N)cc1. The largest absolute Gasteiger partial charge is 0.466 e. The van der Waals surface area contributed by atoms with E-state index in [1.165, 1.54) is 0 Å². The summed E-state index contributed by atoms with van der Waals surface area (Å²) in [7, 11) is 1.98. The Balaban J connectivity index is 2.04. The number of carbonyl (C=O) groups is 1. The molecular formula is C19H20N2O2. The average Bonchev–Trinajstić information content (AvgIpc) is 2.56. The first kappa shape index (κ1) is 16.6. The maximum Gasteiger partial charge on any atom is 0.310 e. The van der Waals surface area contributed by atoms with Gasteiger partial charge in [-0.2, -0.15) is 5.26 Å². The molecule has 0 atom stereocenters. The van der Waals surface area contributed by atoms with Crippen LogP contribution in [-0.4, -0.2) is 19.6 Å². The first-order chi connectivity index (χ1) is 11.1. The molecule has 2 aromatic rings. The molecular weight excluding hydrogens is 288 g/mol. The minimum absolute atomic E-state index is 0.212. The molecule has 0 aliphatic carbocycles. The Morgan fingerprint density at radius 3 is 2.52 bits per heavy atom. The fourth-order valence-electron chi connectivity index (χ4n) is 2.36. The van der Waals surface area contributed by atoms with Crippen molar-refractivity contribution in [2.24, 2.45) is 0 Å². The van der Waals surface area contributed by atoms with Crippen molar-refractivity contribution in [1.82, 2.24) is 0 Å². The monoisotopic (exact) mass is 308 g/mol. The highest BCUT2D eigenvalue weighted by molar-refractivity contribution is 5.72. The van der Waals surface area contributed by atoms with Crippen molar-refractivity contribution in [1.29, 1.82) is 5.26 Å². The minimum atomic E-state index is -0.212. The van der Waals surface area contributed by atoms with Crippen LogP contribution in [0.15, 0.2) is 48.5 Å². The second kappa shape index (κ2) is 8.00. The van der Waals surface area contributed by atoms with E-state index in [2.05, 4.69) is 11.0 Å². The van der Waals surface area contributed by atoms with Gasteiger partial charge in [-0.15, -0.1) is 0 Å². The van der Waals surface area contributed by atoms with Gasteiger partial charge in [0.15, 0.2) is 0 Å². The second-order valence-corrected chi connectivity index (χ2v) is 5.27. The maximum absolute atomic E-state index is 11.5. The first-order valence-electron chi connectivity index (χ1n) is 7.57. The zero-order chi connectivity index (χ0) is 16.7. The lowest BCUT2D eigenvalue weighted by Gasteiger charge is -2.20. The summed E-state index contributed by atoms with van der Waals surface area (Å²) in [5, 5.41) is 9.15. The third-order valence-corrected chi connectivity index (χ3v) is 3.58. The lowest BCUT2D eigenvalue weighted by molar-refractivity contribution is -0.142. The zero-order valence-corrected chi connectivity index (χ0v) is 13.5. The van der Waals surface area contributed by atoms with Crippen molar-refractivity contribution >= 4 is 11.7 Å². The molecule has 0 saturated carbocycles. The normalized spacial score (nSPS) is 9.96. The highest BCUT2D eigenvalue weighted by Gasteiger charge is 2.08. The minimum Gasteiger partial charge on any atom is -0.466 e. The predicted octanol–water partition coefficient (Wildman–Crippen LogP) is 3.30. The topological polar surface area (TPSA) is 53.3 Å². The van der Waals surface area contributed by atoms with Crippen LogP contribution in [0.2, 0.25) is 0 Å². The maximum atomic E-state index is 11.5. The third kappa shape index (κ3) is 4.58. The van der Waals surface area contributed by atoms with E-state index in [1.54, 1.807) is 6.92 Å². The highest BCUT2D eigenvalue weighted by atomic mass is 16.5. The van der Waals surface area contributed by atoms with Gasteiger partial charge >= 0.3 is 5.97 Å². The summed E-state index contributed by atoms with van der Waals surface area (Å²) in [6.07, 6.45) is 0.287. The molecule has 0 saturated heterocycles. The van der Waals surface area contributed by atoms with Gasteiger partial charge in [0.05, 0.1) is 24.7 Å².